The van der Waals surface area contributed by atoms with Gasteiger partial charge < -0.3 is 19.9 Å². The number of nitrogens with zero attached hydrogens (tertiary/aromatic N) is 6. The van der Waals surface area contributed by atoms with E-state index in [0.29, 0.717) is 29.5 Å². The minimum atomic E-state index is -2.34. The van der Waals surface area contributed by atoms with Crippen molar-refractivity contribution in [2.75, 3.05) is 62.9 Å². The molecule has 3 heterocycles. The van der Waals surface area contributed by atoms with Gasteiger partial charge in [0.1, 0.15) is 13.5 Å². The standard InChI is InChI=1S/C29H36N7O2P/c1-21-6-5-7-22(2)25(21)12-13-36-20-30-26-27(31-23-8-10-24(11-9-23)39(3,4)38)32-29(33-28(26)36)35-16-14-34(15-17-35)18-19-37/h5-13,20,37H,14-19H2,1-4H3,(H,31,32,33). The molecule has 10 heteroatoms. The fourth-order valence-corrected chi connectivity index (χ4v) is 5.71. The molecule has 0 unspecified atom stereocenters. The fourth-order valence-electron chi connectivity index (χ4n) is 4.84. The van der Waals surface area contributed by atoms with Gasteiger partial charge in [-0.2, -0.15) is 9.97 Å². The van der Waals surface area contributed by atoms with Crippen molar-refractivity contribution in [3.8, 4) is 0 Å². The lowest BCUT2D eigenvalue weighted by Crippen LogP contribution is -2.47. The van der Waals surface area contributed by atoms with E-state index in [9.17, 15) is 9.67 Å². The summed E-state index contributed by atoms with van der Waals surface area (Å²) in [5, 5.41) is 13.6. The summed E-state index contributed by atoms with van der Waals surface area (Å²) >= 11 is 0. The number of benzene rings is 2. The van der Waals surface area contributed by atoms with Crippen molar-refractivity contribution >= 4 is 53.3 Å². The number of imidazole rings is 1. The van der Waals surface area contributed by atoms with Gasteiger partial charge in [0.2, 0.25) is 5.95 Å². The van der Waals surface area contributed by atoms with Crippen molar-refractivity contribution < 1.29 is 9.67 Å². The van der Waals surface area contributed by atoms with Crippen LogP contribution in [0.25, 0.3) is 23.4 Å². The van der Waals surface area contributed by atoms with Crippen LogP contribution in [0.1, 0.15) is 16.7 Å². The Bertz CT molecular complexity index is 1510. The number of aliphatic hydroxyl groups is 1. The van der Waals surface area contributed by atoms with Gasteiger partial charge in [-0.25, -0.2) is 4.98 Å². The first-order valence-corrected chi connectivity index (χ1v) is 15.8. The molecule has 2 N–H and O–H groups in total. The van der Waals surface area contributed by atoms with Gasteiger partial charge in [-0.15, -0.1) is 0 Å². The van der Waals surface area contributed by atoms with E-state index < -0.39 is 7.14 Å². The van der Waals surface area contributed by atoms with E-state index >= 15 is 0 Å². The van der Waals surface area contributed by atoms with E-state index in [1.165, 1.54) is 16.7 Å². The van der Waals surface area contributed by atoms with Crippen LogP contribution < -0.4 is 15.5 Å². The molecular formula is C29H36N7O2P. The molecule has 2 aromatic heterocycles. The molecule has 204 valence electrons. The Kier molecular flexibility index (Phi) is 7.84. The molecule has 39 heavy (non-hydrogen) atoms. The lowest BCUT2D eigenvalue weighted by molar-refractivity contribution is 0.188. The minimum Gasteiger partial charge on any atom is -0.395 e. The molecule has 2 aromatic carbocycles. The summed E-state index contributed by atoms with van der Waals surface area (Å²) in [4.78, 5) is 19.0. The average Bonchev–Trinajstić information content (AvgIpc) is 3.32. The van der Waals surface area contributed by atoms with Crippen LogP contribution >= 0.6 is 7.14 Å². The summed E-state index contributed by atoms with van der Waals surface area (Å²) in [5.41, 5.74) is 5.82. The molecular weight excluding hydrogens is 509 g/mol. The van der Waals surface area contributed by atoms with Gasteiger partial charge in [0, 0.05) is 49.9 Å². The highest BCUT2D eigenvalue weighted by Crippen LogP contribution is 2.35. The maximum atomic E-state index is 12.5. The Labute approximate surface area is 229 Å². The molecule has 0 spiro atoms. The van der Waals surface area contributed by atoms with Crippen molar-refractivity contribution in [1.82, 2.24) is 24.4 Å². The molecule has 0 atom stereocenters. The van der Waals surface area contributed by atoms with E-state index in [2.05, 4.69) is 58.2 Å². The summed E-state index contributed by atoms with van der Waals surface area (Å²) in [5.74, 6) is 1.26. The second kappa shape index (κ2) is 11.3. The third-order valence-electron chi connectivity index (χ3n) is 7.18. The summed E-state index contributed by atoms with van der Waals surface area (Å²) in [6.45, 7) is 11.8. The average molecular weight is 546 g/mol. The van der Waals surface area contributed by atoms with Gasteiger partial charge >= 0.3 is 0 Å². The number of aryl methyl sites for hydroxylation is 2. The van der Waals surface area contributed by atoms with Crippen LogP contribution in [0.4, 0.5) is 17.5 Å². The smallest absolute Gasteiger partial charge is 0.229 e. The largest absolute Gasteiger partial charge is 0.395 e. The monoisotopic (exact) mass is 545 g/mol. The Morgan fingerprint density at radius 2 is 1.69 bits per heavy atom. The van der Waals surface area contributed by atoms with Crippen molar-refractivity contribution in [3.63, 3.8) is 0 Å². The van der Waals surface area contributed by atoms with Crippen LogP contribution in [0.5, 0.6) is 0 Å². The second-order valence-corrected chi connectivity index (χ2v) is 13.6. The third kappa shape index (κ3) is 6.06. The topological polar surface area (TPSA) is 99.4 Å². The van der Waals surface area contributed by atoms with Crippen LogP contribution in [-0.2, 0) is 4.57 Å². The molecule has 5 rings (SSSR count). The van der Waals surface area contributed by atoms with E-state index in [0.717, 1.165) is 37.2 Å². The zero-order chi connectivity index (χ0) is 27.6. The highest BCUT2D eigenvalue weighted by molar-refractivity contribution is 7.70. The predicted octanol–water partition coefficient (Wildman–Crippen LogP) is 4.18. The van der Waals surface area contributed by atoms with Crippen molar-refractivity contribution in [1.29, 1.82) is 0 Å². The normalized spacial score (nSPS) is 14.9. The number of hydrogen-bond donors (Lipinski definition) is 2. The third-order valence-corrected chi connectivity index (χ3v) is 8.72. The number of piperazine rings is 1. The second-order valence-electron chi connectivity index (χ2n) is 10.4. The van der Waals surface area contributed by atoms with Gasteiger partial charge in [-0.1, -0.05) is 18.2 Å². The zero-order valence-electron chi connectivity index (χ0n) is 23.0. The van der Waals surface area contributed by atoms with Gasteiger partial charge in [0.15, 0.2) is 17.0 Å². The molecule has 0 radical (unpaired) electrons. The minimum absolute atomic E-state index is 0.159. The predicted molar refractivity (Wildman–Crippen MR) is 161 cm³/mol. The first-order valence-electron chi connectivity index (χ1n) is 13.2. The number of rotatable bonds is 8. The SMILES string of the molecule is Cc1cccc(C)c1C=Cn1cnc2c(Nc3ccc(P(C)(C)=O)cc3)nc(N3CCN(CCO)CC3)nc21. The number of aliphatic hydroxyl groups excluding tert-OH is 1. The Balaban J connectivity index is 1.52. The first kappa shape index (κ1) is 27.1. The summed E-state index contributed by atoms with van der Waals surface area (Å²) in [7, 11) is -2.34. The van der Waals surface area contributed by atoms with Crippen LogP contribution in [0, 0.1) is 13.8 Å². The number of fused-ring (bicyclic) bond motifs is 1. The maximum Gasteiger partial charge on any atom is 0.229 e. The highest BCUT2D eigenvalue weighted by atomic mass is 31.2. The van der Waals surface area contributed by atoms with Gasteiger partial charge in [0.05, 0.1) is 6.61 Å². The van der Waals surface area contributed by atoms with E-state index in [1.54, 1.807) is 19.7 Å². The summed E-state index contributed by atoms with van der Waals surface area (Å²) in [6.07, 6.45) is 5.87. The molecule has 1 aliphatic rings. The number of β-amino-alcohol motifs (C(OH)–C–C–N with tert-alkyl or cyclic N) is 1. The van der Waals surface area contributed by atoms with Crippen LogP contribution in [0.2, 0.25) is 0 Å². The molecule has 0 amide bonds. The molecule has 9 nitrogen and oxygen atoms in total. The summed E-state index contributed by atoms with van der Waals surface area (Å²) in [6, 6.07) is 13.9. The number of anilines is 3. The van der Waals surface area contributed by atoms with Crippen molar-refractivity contribution in [2.24, 2.45) is 0 Å². The molecule has 1 aliphatic heterocycles. The number of aromatic nitrogens is 4. The Morgan fingerprint density at radius 3 is 2.33 bits per heavy atom. The molecule has 1 saturated heterocycles. The Hall–Kier alpha value is -3.52. The van der Waals surface area contributed by atoms with Gasteiger partial charge in [-0.3, -0.25) is 9.47 Å². The lowest BCUT2D eigenvalue weighted by Gasteiger charge is -2.34. The van der Waals surface area contributed by atoms with Gasteiger partial charge in [0.25, 0.3) is 0 Å². The Morgan fingerprint density at radius 1 is 1.00 bits per heavy atom. The quantitative estimate of drug-likeness (QED) is 0.318. The first-order chi connectivity index (χ1) is 18.7. The lowest BCUT2D eigenvalue weighted by atomic mass is 10.0. The number of hydrogen-bond acceptors (Lipinski definition) is 8. The molecule has 0 aliphatic carbocycles. The molecule has 4 aromatic rings. The molecule has 0 saturated carbocycles. The summed E-state index contributed by atoms with van der Waals surface area (Å²) < 4.78 is 14.4. The highest BCUT2D eigenvalue weighted by Gasteiger charge is 2.22. The van der Waals surface area contributed by atoms with Crippen LogP contribution in [-0.4, -0.2) is 82.2 Å². The van der Waals surface area contributed by atoms with Crippen molar-refractivity contribution in [2.45, 2.75) is 13.8 Å². The van der Waals surface area contributed by atoms with Crippen LogP contribution in [0.3, 0.4) is 0 Å². The van der Waals surface area contributed by atoms with Crippen LogP contribution in [0.15, 0.2) is 48.8 Å². The van der Waals surface area contributed by atoms with Gasteiger partial charge in [-0.05, 0) is 74.2 Å². The number of nitrogens with one attached hydrogen (secondary N) is 1. The fraction of sp³-hybridized carbons (Fsp3) is 0.345. The molecule has 0 bridgehead atoms. The maximum absolute atomic E-state index is 12.5. The van der Waals surface area contributed by atoms with E-state index in [-0.39, 0.29) is 6.61 Å². The van der Waals surface area contributed by atoms with E-state index in [1.807, 2.05) is 35.0 Å². The molecule has 1 fully saturated rings. The zero-order valence-corrected chi connectivity index (χ0v) is 23.9. The van der Waals surface area contributed by atoms with E-state index in [4.69, 9.17) is 9.97 Å². The van der Waals surface area contributed by atoms with Crippen molar-refractivity contribution in [3.05, 3.63) is 65.5 Å².